The first-order chi connectivity index (χ1) is 16.3. The van der Waals surface area contributed by atoms with Gasteiger partial charge in [-0.05, 0) is 54.7 Å². The molecule has 0 bridgehead atoms. The molecule has 184 valence electrons. The Morgan fingerprint density at radius 2 is 1.68 bits per heavy atom. The van der Waals surface area contributed by atoms with Gasteiger partial charge in [0.25, 0.3) is 5.91 Å². The molecule has 5 nitrogen and oxygen atoms in total. The number of nitrogens with zero attached hydrogens (tertiary/aromatic N) is 1. The summed E-state index contributed by atoms with van der Waals surface area (Å²) in [6.45, 7) is 12.1. The van der Waals surface area contributed by atoms with Crippen LogP contribution in [0.5, 0.6) is 11.5 Å². The first-order valence-electron chi connectivity index (χ1n) is 12.2. The third kappa shape index (κ3) is 8.71. The van der Waals surface area contributed by atoms with E-state index in [4.69, 9.17) is 4.74 Å². The van der Waals surface area contributed by atoms with Crippen molar-refractivity contribution < 1.29 is 19.1 Å². The fourth-order valence-corrected chi connectivity index (χ4v) is 3.83. The van der Waals surface area contributed by atoms with Gasteiger partial charge in [0.15, 0.2) is 6.54 Å². The van der Waals surface area contributed by atoms with E-state index in [-0.39, 0.29) is 11.7 Å². The number of carbonyl (C=O) groups excluding carboxylic acids is 1. The van der Waals surface area contributed by atoms with Crippen molar-refractivity contribution in [3.63, 3.8) is 0 Å². The quantitative estimate of drug-likeness (QED) is 0.214. The third-order valence-corrected chi connectivity index (χ3v) is 5.78. The second kappa shape index (κ2) is 13.6. The zero-order valence-electron chi connectivity index (χ0n) is 21.1. The molecule has 0 aliphatic carbocycles. The molecule has 0 aliphatic rings. The number of aromatic hydroxyl groups is 1. The Bertz CT molecular complexity index is 966. The Hall–Kier alpha value is -3.05. The molecule has 0 aliphatic heterocycles. The summed E-state index contributed by atoms with van der Waals surface area (Å²) < 4.78 is 6.74. The molecule has 34 heavy (non-hydrogen) atoms. The molecule has 1 amide bonds. The van der Waals surface area contributed by atoms with Gasteiger partial charge in [-0.25, -0.2) is 0 Å². The topological polar surface area (TPSA) is 58.6 Å². The number of hydrogen-bond donors (Lipinski definition) is 2. The lowest BCUT2D eigenvalue weighted by Crippen LogP contribution is -2.49. The average molecular weight is 466 g/mol. The van der Waals surface area contributed by atoms with Crippen molar-refractivity contribution in [2.24, 2.45) is 0 Å². The van der Waals surface area contributed by atoms with Crippen LogP contribution in [-0.2, 0) is 17.6 Å². The first-order valence-corrected chi connectivity index (χ1v) is 12.2. The lowest BCUT2D eigenvalue weighted by molar-refractivity contribution is -0.882. The van der Waals surface area contributed by atoms with E-state index in [1.54, 1.807) is 6.07 Å². The fourth-order valence-electron chi connectivity index (χ4n) is 3.83. The highest BCUT2D eigenvalue weighted by molar-refractivity contribution is 5.77. The van der Waals surface area contributed by atoms with Crippen LogP contribution in [-0.4, -0.2) is 55.8 Å². The smallest absolute Gasteiger partial charge is 0.275 e. The summed E-state index contributed by atoms with van der Waals surface area (Å²) in [6.07, 6.45) is 8.46. The number of rotatable bonds is 15. The van der Waals surface area contributed by atoms with Crippen molar-refractivity contribution in [1.29, 1.82) is 0 Å². The normalized spacial score (nSPS) is 11.1. The summed E-state index contributed by atoms with van der Waals surface area (Å²) in [7, 11) is 4.07. The number of hydrogen-bond acceptors (Lipinski definition) is 3. The number of likely N-dealkylation sites (N-methyl/N-ethyl adjacent to an activating group) is 1. The number of carbonyl (C=O) groups is 1. The minimum absolute atomic E-state index is 0.0690. The summed E-state index contributed by atoms with van der Waals surface area (Å²) >= 11 is 0. The number of amides is 1. The predicted molar refractivity (Wildman–Crippen MR) is 141 cm³/mol. The van der Waals surface area contributed by atoms with Gasteiger partial charge in [0.2, 0.25) is 0 Å². The van der Waals surface area contributed by atoms with Gasteiger partial charge in [0.05, 0.1) is 14.1 Å². The van der Waals surface area contributed by atoms with Crippen LogP contribution in [0.2, 0.25) is 0 Å². The molecule has 0 spiro atoms. The van der Waals surface area contributed by atoms with Crippen LogP contribution in [0.25, 0.3) is 11.1 Å². The van der Waals surface area contributed by atoms with E-state index in [2.05, 4.69) is 25.4 Å². The van der Waals surface area contributed by atoms with E-state index in [0.717, 1.165) is 60.9 Å². The van der Waals surface area contributed by atoms with Gasteiger partial charge in [-0.3, -0.25) is 4.79 Å². The molecule has 5 heteroatoms. The molecular formula is C29H41N2O3+. The van der Waals surface area contributed by atoms with Gasteiger partial charge in [0, 0.05) is 17.7 Å². The van der Waals surface area contributed by atoms with Crippen molar-refractivity contribution in [1.82, 2.24) is 5.32 Å². The molecule has 2 aromatic rings. The van der Waals surface area contributed by atoms with Gasteiger partial charge in [0.1, 0.15) is 24.7 Å². The number of quaternary nitrogens is 1. The van der Waals surface area contributed by atoms with E-state index < -0.39 is 0 Å². The number of phenolic OH excluding ortho intramolecular Hbond substituents is 1. The van der Waals surface area contributed by atoms with E-state index in [0.29, 0.717) is 29.9 Å². The van der Waals surface area contributed by atoms with Crippen LogP contribution >= 0.6 is 0 Å². The van der Waals surface area contributed by atoms with Crippen LogP contribution in [0.3, 0.4) is 0 Å². The van der Waals surface area contributed by atoms with Crippen molar-refractivity contribution in [3.8, 4) is 22.6 Å². The minimum atomic E-state index is 0.0690. The van der Waals surface area contributed by atoms with E-state index in [9.17, 15) is 9.90 Å². The summed E-state index contributed by atoms with van der Waals surface area (Å²) in [5, 5.41) is 13.6. The Labute approximate surface area is 205 Å². The highest BCUT2D eigenvalue weighted by atomic mass is 16.5. The Balaban J connectivity index is 2.12. The van der Waals surface area contributed by atoms with Gasteiger partial charge in [-0.2, -0.15) is 0 Å². The SMILES string of the molecule is C=CCc1ccc(O)c(-c2cc(CC=C)ccc2OCC[N+](C)(C)CC(=O)NCCCCC)c1. The molecule has 0 aromatic heterocycles. The molecule has 0 saturated carbocycles. The van der Waals surface area contributed by atoms with Gasteiger partial charge in [-0.1, -0.05) is 44.1 Å². The van der Waals surface area contributed by atoms with E-state index >= 15 is 0 Å². The van der Waals surface area contributed by atoms with Crippen molar-refractivity contribution in [2.45, 2.75) is 39.0 Å². The second-order valence-electron chi connectivity index (χ2n) is 9.39. The van der Waals surface area contributed by atoms with Crippen LogP contribution < -0.4 is 10.1 Å². The number of phenols is 1. The molecule has 0 saturated heterocycles. The largest absolute Gasteiger partial charge is 0.507 e. The summed E-state index contributed by atoms with van der Waals surface area (Å²) in [4.78, 5) is 12.3. The highest BCUT2D eigenvalue weighted by Gasteiger charge is 2.20. The highest BCUT2D eigenvalue weighted by Crippen LogP contribution is 2.37. The van der Waals surface area contributed by atoms with Gasteiger partial charge in [-0.15, -0.1) is 13.2 Å². The van der Waals surface area contributed by atoms with E-state index in [1.165, 1.54) is 0 Å². The van der Waals surface area contributed by atoms with Crippen molar-refractivity contribution >= 4 is 5.91 Å². The lowest BCUT2D eigenvalue weighted by Gasteiger charge is -2.29. The fraction of sp³-hybridized carbons (Fsp3) is 0.414. The molecule has 2 rings (SSSR count). The second-order valence-corrected chi connectivity index (χ2v) is 9.39. The lowest BCUT2D eigenvalue weighted by atomic mass is 9.97. The summed E-state index contributed by atoms with van der Waals surface area (Å²) in [5.74, 6) is 0.992. The molecule has 0 heterocycles. The number of ether oxygens (including phenoxy) is 1. The van der Waals surface area contributed by atoms with Crippen LogP contribution in [0.4, 0.5) is 0 Å². The molecule has 0 radical (unpaired) electrons. The summed E-state index contributed by atoms with van der Waals surface area (Å²) in [6, 6.07) is 11.6. The van der Waals surface area contributed by atoms with Crippen LogP contribution in [0.15, 0.2) is 61.7 Å². The minimum Gasteiger partial charge on any atom is -0.507 e. The molecule has 2 N–H and O–H groups in total. The predicted octanol–water partition coefficient (Wildman–Crippen LogP) is 5.28. The standard InChI is InChI=1S/C29H40N2O3/c1-6-9-10-17-30-29(33)22-31(4,5)18-19-34-28-16-14-24(12-8-3)21-26(28)25-20-23(11-7-2)13-15-27(25)32/h7-8,13-16,20-21H,2-3,6,9-12,17-19,22H2,1,4-5H3,(H-,30,32,33)/p+1. The molecular weight excluding hydrogens is 424 g/mol. The zero-order chi connectivity index (χ0) is 25.0. The Kier molecular flexibility index (Phi) is 10.9. The van der Waals surface area contributed by atoms with Crippen LogP contribution in [0, 0.1) is 0 Å². The Morgan fingerprint density at radius 3 is 2.32 bits per heavy atom. The molecule has 2 aromatic carbocycles. The first kappa shape index (κ1) is 27.2. The maximum Gasteiger partial charge on any atom is 0.275 e. The molecule has 0 unspecified atom stereocenters. The van der Waals surface area contributed by atoms with Gasteiger partial charge < -0.3 is 19.6 Å². The Morgan fingerprint density at radius 1 is 1.03 bits per heavy atom. The van der Waals surface area contributed by atoms with E-state index in [1.807, 2.05) is 56.6 Å². The number of nitrogens with one attached hydrogen (secondary N) is 1. The maximum absolute atomic E-state index is 12.3. The maximum atomic E-state index is 12.3. The number of unbranched alkanes of at least 4 members (excludes halogenated alkanes) is 2. The molecule has 0 atom stereocenters. The number of allylic oxidation sites excluding steroid dienone is 2. The molecule has 0 fully saturated rings. The zero-order valence-corrected chi connectivity index (χ0v) is 21.1. The van der Waals surface area contributed by atoms with Crippen LogP contribution in [0.1, 0.15) is 37.3 Å². The van der Waals surface area contributed by atoms with Crippen molar-refractivity contribution in [3.05, 3.63) is 72.8 Å². The van der Waals surface area contributed by atoms with Crippen molar-refractivity contribution in [2.75, 3.05) is 40.3 Å². The monoisotopic (exact) mass is 465 g/mol. The third-order valence-electron chi connectivity index (χ3n) is 5.78. The summed E-state index contributed by atoms with van der Waals surface area (Å²) in [5.41, 5.74) is 3.76. The van der Waals surface area contributed by atoms with Gasteiger partial charge >= 0.3 is 0 Å². The average Bonchev–Trinajstić information content (AvgIpc) is 2.79. The number of benzene rings is 2.